The van der Waals surface area contributed by atoms with Gasteiger partial charge >= 0.3 is 0 Å². The van der Waals surface area contributed by atoms with Crippen molar-refractivity contribution in [3.63, 3.8) is 0 Å². The molecule has 0 atom stereocenters. The van der Waals surface area contributed by atoms with Crippen molar-refractivity contribution >= 4 is 25.3 Å². The molecule has 0 fully saturated rings. The van der Waals surface area contributed by atoms with Gasteiger partial charge in [0.25, 0.3) is 0 Å². The molecule has 0 aromatic heterocycles. The maximum absolute atomic E-state index is 4.22. The predicted molar refractivity (Wildman–Crippen MR) is 78.1 cm³/mol. The molecule has 2 heteroatoms. The summed E-state index contributed by atoms with van der Waals surface area (Å²) in [5.41, 5.74) is 2.76. The van der Waals surface area contributed by atoms with Gasteiger partial charge in [-0.25, -0.2) is 0 Å². The Morgan fingerprint density at radius 3 is 1.73 bits per heavy atom. The Morgan fingerprint density at radius 2 is 1.47 bits per heavy atom. The fourth-order valence-electron chi connectivity index (χ4n) is 1.36. The first-order chi connectivity index (χ1) is 7.13. The smallest absolute Gasteiger partial charge is 0.0130 e. The van der Waals surface area contributed by atoms with Crippen LogP contribution in [0.2, 0.25) is 0 Å². The third-order valence-corrected chi connectivity index (χ3v) is 2.69. The average molecular weight is 242 g/mol. The molecule has 0 bridgehead atoms. The fourth-order valence-corrected chi connectivity index (χ4v) is 2.07. The molecule has 0 nitrogen and oxygen atoms in total. The monoisotopic (exact) mass is 242 g/mol. The Hall–Kier alpha value is -0.0800. The second kappa shape index (κ2) is 9.17. The van der Waals surface area contributed by atoms with E-state index in [4.69, 9.17) is 0 Å². The number of thiol groups is 2. The van der Waals surface area contributed by atoms with E-state index >= 15 is 0 Å². The van der Waals surface area contributed by atoms with Crippen molar-refractivity contribution in [2.24, 2.45) is 5.92 Å². The molecule has 0 aromatic carbocycles. The van der Waals surface area contributed by atoms with Crippen molar-refractivity contribution < 1.29 is 0 Å². The molecule has 86 valence electrons. The molecule has 0 aliphatic rings. The highest BCUT2D eigenvalue weighted by molar-refractivity contribution is 7.80. The molecule has 0 rings (SSSR count). The molecule has 0 saturated carbocycles. The highest BCUT2D eigenvalue weighted by atomic mass is 32.1. The van der Waals surface area contributed by atoms with E-state index < -0.39 is 0 Å². The van der Waals surface area contributed by atoms with Crippen molar-refractivity contribution in [1.82, 2.24) is 0 Å². The highest BCUT2D eigenvalue weighted by Crippen LogP contribution is 2.14. The molecule has 0 N–H and O–H groups in total. The first-order valence-corrected chi connectivity index (χ1v) is 6.59. The molecule has 0 aliphatic heterocycles. The zero-order valence-corrected chi connectivity index (χ0v) is 11.5. The Kier molecular flexibility index (Phi) is 9.12. The van der Waals surface area contributed by atoms with E-state index in [-0.39, 0.29) is 0 Å². The molecule has 0 spiro atoms. The number of rotatable bonds is 7. The summed E-state index contributed by atoms with van der Waals surface area (Å²) in [5.74, 6) is 2.17. The third kappa shape index (κ3) is 7.80. The summed E-state index contributed by atoms with van der Waals surface area (Å²) < 4.78 is 0. The van der Waals surface area contributed by atoms with Gasteiger partial charge in [-0.1, -0.05) is 29.4 Å². The third-order valence-electron chi connectivity index (χ3n) is 2.24. The maximum atomic E-state index is 4.22. The van der Waals surface area contributed by atoms with E-state index in [1.54, 1.807) is 0 Å². The average Bonchev–Trinajstić information content (AvgIpc) is 2.17. The SMILES string of the molecule is C=CC(C=C(C)CCS)C=C(C)CCS. The Balaban J connectivity index is 4.42. The van der Waals surface area contributed by atoms with Gasteiger partial charge < -0.3 is 0 Å². The van der Waals surface area contributed by atoms with Crippen LogP contribution in [0.15, 0.2) is 36.0 Å². The van der Waals surface area contributed by atoms with Crippen LogP contribution in [0.4, 0.5) is 0 Å². The quantitative estimate of drug-likeness (QED) is 0.482. The summed E-state index contributed by atoms with van der Waals surface area (Å²) in [6.45, 7) is 8.15. The Morgan fingerprint density at radius 1 is 1.07 bits per heavy atom. The van der Waals surface area contributed by atoms with Gasteiger partial charge in [0.05, 0.1) is 0 Å². The van der Waals surface area contributed by atoms with Crippen molar-refractivity contribution in [2.45, 2.75) is 26.7 Å². The van der Waals surface area contributed by atoms with Crippen LogP contribution in [-0.2, 0) is 0 Å². The van der Waals surface area contributed by atoms with Crippen LogP contribution in [0, 0.1) is 5.92 Å². The van der Waals surface area contributed by atoms with Gasteiger partial charge in [-0.3, -0.25) is 0 Å². The fraction of sp³-hybridized carbons (Fsp3) is 0.538. The minimum Gasteiger partial charge on any atom is -0.179 e. The summed E-state index contributed by atoms with van der Waals surface area (Å²) in [6.07, 6.45) is 8.58. The van der Waals surface area contributed by atoms with Crippen molar-refractivity contribution in [3.05, 3.63) is 36.0 Å². The van der Waals surface area contributed by atoms with Gasteiger partial charge in [0, 0.05) is 5.92 Å². The van der Waals surface area contributed by atoms with E-state index in [0.717, 1.165) is 24.3 Å². The van der Waals surface area contributed by atoms with Crippen LogP contribution in [0.3, 0.4) is 0 Å². The van der Waals surface area contributed by atoms with E-state index in [0.29, 0.717) is 5.92 Å². The first kappa shape index (κ1) is 14.9. The summed E-state index contributed by atoms with van der Waals surface area (Å²) in [7, 11) is 0. The van der Waals surface area contributed by atoms with Crippen LogP contribution in [0.1, 0.15) is 26.7 Å². The molecule has 0 unspecified atom stereocenters. The van der Waals surface area contributed by atoms with Crippen molar-refractivity contribution in [1.29, 1.82) is 0 Å². The summed E-state index contributed by atoms with van der Waals surface area (Å²) in [4.78, 5) is 0. The predicted octanol–water partition coefficient (Wildman–Crippen LogP) is 4.32. The molecule has 15 heavy (non-hydrogen) atoms. The van der Waals surface area contributed by atoms with Gasteiger partial charge in [-0.2, -0.15) is 25.3 Å². The van der Waals surface area contributed by atoms with E-state index in [1.807, 2.05) is 6.08 Å². The molecule has 0 amide bonds. The lowest BCUT2D eigenvalue weighted by molar-refractivity contribution is 0.970. The normalized spacial score (nSPS) is 15.2. The Labute approximate surface area is 105 Å². The number of allylic oxidation sites excluding steroid dienone is 5. The molecule has 0 saturated heterocycles. The molecule has 0 heterocycles. The minimum atomic E-state index is 0.352. The highest BCUT2D eigenvalue weighted by Gasteiger charge is 1.98. The van der Waals surface area contributed by atoms with Gasteiger partial charge in [0.1, 0.15) is 0 Å². The van der Waals surface area contributed by atoms with Gasteiger partial charge in [0.2, 0.25) is 0 Å². The number of hydrogen-bond acceptors (Lipinski definition) is 2. The maximum Gasteiger partial charge on any atom is 0.0130 e. The lowest BCUT2D eigenvalue weighted by atomic mass is 10.0. The molecular formula is C13H22S2. The van der Waals surface area contributed by atoms with Crippen LogP contribution < -0.4 is 0 Å². The Bertz CT molecular complexity index is 217. The zero-order valence-electron chi connectivity index (χ0n) is 9.74. The zero-order chi connectivity index (χ0) is 11.7. The van der Waals surface area contributed by atoms with Crippen molar-refractivity contribution in [3.8, 4) is 0 Å². The summed E-state index contributed by atoms with van der Waals surface area (Å²) >= 11 is 8.45. The van der Waals surface area contributed by atoms with Crippen LogP contribution in [0.5, 0.6) is 0 Å². The van der Waals surface area contributed by atoms with Crippen LogP contribution >= 0.6 is 25.3 Å². The van der Waals surface area contributed by atoms with Crippen LogP contribution in [0.25, 0.3) is 0 Å². The van der Waals surface area contributed by atoms with Crippen molar-refractivity contribution in [2.75, 3.05) is 11.5 Å². The minimum absolute atomic E-state index is 0.352. The second-order valence-corrected chi connectivity index (χ2v) is 4.68. The topological polar surface area (TPSA) is 0 Å². The number of hydrogen-bond donors (Lipinski definition) is 2. The lowest BCUT2D eigenvalue weighted by Crippen LogP contribution is -1.91. The summed E-state index contributed by atoms with van der Waals surface area (Å²) in [5, 5.41) is 0. The first-order valence-electron chi connectivity index (χ1n) is 5.33. The summed E-state index contributed by atoms with van der Waals surface area (Å²) in [6, 6.07) is 0. The van der Waals surface area contributed by atoms with Crippen LogP contribution in [-0.4, -0.2) is 11.5 Å². The molecule has 0 aliphatic carbocycles. The van der Waals surface area contributed by atoms with Gasteiger partial charge in [-0.05, 0) is 38.2 Å². The standard InChI is InChI=1S/C13H22S2/c1-4-13(9-11(2)5-7-14)10-12(3)6-8-15/h4,9-10,13-15H,1,5-8H2,2-3H3. The largest absolute Gasteiger partial charge is 0.179 e. The van der Waals surface area contributed by atoms with E-state index in [2.05, 4.69) is 57.8 Å². The van der Waals surface area contributed by atoms with Gasteiger partial charge in [0.15, 0.2) is 0 Å². The van der Waals surface area contributed by atoms with Gasteiger partial charge in [-0.15, -0.1) is 6.58 Å². The molecule has 0 aromatic rings. The molecular weight excluding hydrogens is 220 g/mol. The second-order valence-electron chi connectivity index (χ2n) is 3.79. The van der Waals surface area contributed by atoms with E-state index in [1.165, 1.54) is 11.1 Å². The molecule has 0 radical (unpaired) electrons. The lowest BCUT2D eigenvalue weighted by Gasteiger charge is -2.06. The van der Waals surface area contributed by atoms with E-state index in [9.17, 15) is 0 Å².